The highest BCUT2D eigenvalue weighted by atomic mass is 32.2. The van der Waals surface area contributed by atoms with Crippen molar-refractivity contribution in [2.45, 2.75) is 61.5 Å². The molecule has 0 aromatic rings. The lowest BCUT2D eigenvalue weighted by Crippen LogP contribution is -2.70. The highest BCUT2D eigenvalue weighted by Gasteiger charge is 2.90. The van der Waals surface area contributed by atoms with Gasteiger partial charge in [-0.25, -0.2) is 0 Å². The molecule has 190 valence electrons. The molecule has 18 heteroatoms. The molecule has 0 bridgehead atoms. The van der Waals surface area contributed by atoms with Crippen LogP contribution in [-0.2, 0) is 4.79 Å². The zero-order valence-corrected chi connectivity index (χ0v) is 16.1. The number of amides is 1. The number of thioether (sulfide) groups is 1. The van der Waals surface area contributed by atoms with Gasteiger partial charge in [0.05, 0.1) is 0 Å². The minimum Gasteiger partial charge on any atom is -0.481 e. The molecular formula is C14H14F13NO3S. The van der Waals surface area contributed by atoms with E-state index in [4.69, 9.17) is 5.11 Å². The third-order valence-electron chi connectivity index (χ3n) is 3.73. The van der Waals surface area contributed by atoms with Crippen LogP contribution in [0.3, 0.4) is 0 Å². The van der Waals surface area contributed by atoms with Crippen LogP contribution in [0, 0.1) is 0 Å². The molecule has 0 aliphatic rings. The molecule has 2 N–H and O–H groups in total. The van der Waals surface area contributed by atoms with E-state index >= 15 is 0 Å². The molecule has 0 heterocycles. The quantitative estimate of drug-likeness (QED) is 0.250. The summed E-state index contributed by atoms with van der Waals surface area (Å²) in [7, 11) is 0. The van der Waals surface area contributed by atoms with Gasteiger partial charge in [0.1, 0.15) is 0 Å². The average molecular weight is 523 g/mol. The number of halogens is 13. The van der Waals surface area contributed by atoms with Crippen LogP contribution in [0.4, 0.5) is 61.9 Å². The van der Waals surface area contributed by atoms with E-state index in [1.807, 2.05) is 5.32 Å². The van der Waals surface area contributed by atoms with E-state index in [-0.39, 0.29) is 37.6 Å². The Bertz CT molecular complexity index is 667. The monoisotopic (exact) mass is 523 g/mol. The zero-order valence-electron chi connectivity index (χ0n) is 15.3. The Morgan fingerprint density at radius 3 is 1.62 bits per heavy atom. The number of unbranched alkanes of at least 4 members (excludes halogenated alkanes) is 1. The average Bonchev–Trinajstić information content (AvgIpc) is 2.59. The second-order valence-electron chi connectivity index (χ2n) is 6.16. The fourth-order valence-corrected chi connectivity index (χ4v) is 2.62. The van der Waals surface area contributed by atoms with Crippen LogP contribution in [0.5, 0.6) is 0 Å². The van der Waals surface area contributed by atoms with Crippen LogP contribution in [0.25, 0.3) is 0 Å². The lowest BCUT2D eigenvalue weighted by Gasteiger charge is -2.39. The third kappa shape index (κ3) is 6.24. The highest BCUT2D eigenvalue weighted by Crippen LogP contribution is 2.60. The molecule has 1 amide bonds. The van der Waals surface area contributed by atoms with Crippen LogP contribution < -0.4 is 5.32 Å². The molecule has 0 fully saturated rings. The maximum atomic E-state index is 13.5. The lowest BCUT2D eigenvalue weighted by atomic mass is 9.93. The van der Waals surface area contributed by atoms with E-state index in [0.717, 1.165) is 0 Å². The molecule has 0 saturated heterocycles. The molecular weight excluding hydrogens is 509 g/mol. The largest absolute Gasteiger partial charge is 0.481 e. The van der Waals surface area contributed by atoms with Gasteiger partial charge in [0, 0.05) is 25.1 Å². The third-order valence-corrected chi connectivity index (χ3v) is 4.55. The number of carbonyl (C=O) groups excluding carboxylic acids is 1. The molecule has 4 nitrogen and oxygen atoms in total. The van der Waals surface area contributed by atoms with Crippen molar-refractivity contribution in [3.63, 3.8) is 0 Å². The standard InChI is InChI=1S/C14H14F13NO3S/c15-9(16,4-6-32-8(31)28-5-2-1-3-7(29)30)10(17,18)11(19,20)12(21,22)13(23,24)14(25,26)27/h1-6H2,(H,28,31)(H,29,30). The van der Waals surface area contributed by atoms with Crippen molar-refractivity contribution in [1.29, 1.82) is 0 Å². The first-order valence-electron chi connectivity index (χ1n) is 8.14. The number of alkyl halides is 13. The molecule has 0 aliphatic heterocycles. The van der Waals surface area contributed by atoms with Gasteiger partial charge in [-0.2, -0.15) is 57.1 Å². The molecule has 0 saturated carbocycles. The maximum Gasteiger partial charge on any atom is 0.460 e. The summed E-state index contributed by atoms with van der Waals surface area (Å²) in [5.74, 6) is -39.8. The van der Waals surface area contributed by atoms with E-state index < -0.39 is 59.2 Å². The Labute approximate surface area is 174 Å². The number of carbonyl (C=O) groups is 2. The first-order chi connectivity index (χ1) is 14.1. The highest BCUT2D eigenvalue weighted by molar-refractivity contribution is 8.13. The molecule has 32 heavy (non-hydrogen) atoms. The Kier molecular flexibility index (Phi) is 9.60. The molecule has 0 atom stereocenters. The summed E-state index contributed by atoms with van der Waals surface area (Å²) in [5.41, 5.74) is 0. The van der Waals surface area contributed by atoms with Crippen molar-refractivity contribution < 1.29 is 71.8 Å². The normalized spacial score (nSPS) is 14.4. The number of rotatable bonds is 12. The minimum atomic E-state index is -7.95. The SMILES string of the molecule is O=C(O)CCCCNC(=O)SCCC(F)(F)C(F)(F)C(F)(F)C(F)(F)C(F)(F)C(F)(F)F. The van der Waals surface area contributed by atoms with Gasteiger partial charge >= 0.3 is 41.8 Å². The van der Waals surface area contributed by atoms with E-state index in [1.165, 1.54) is 0 Å². The van der Waals surface area contributed by atoms with E-state index in [0.29, 0.717) is 0 Å². The molecule has 0 aliphatic carbocycles. The van der Waals surface area contributed by atoms with Crippen LogP contribution in [-0.4, -0.2) is 64.4 Å². The predicted octanol–water partition coefficient (Wildman–Crippen LogP) is 5.81. The van der Waals surface area contributed by atoms with Gasteiger partial charge in [-0.3, -0.25) is 9.59 Å². The smallest absolute Gasteiger partial charge is 0.460 e. The summed E-state index contributed by atoms with van der Waals surface area (Å²) in [5, 5.41) is 9.13. The van der Waals surface area contributed by atoms with E-state index in [9.17, 15) is 66.7 Å². The van der Waals surface area contributed by atoms with Gasteiger partial charge in [-0.05, 0) is 12.8 Å². The summed E-state index contributed by atoms with van der Waals surface area (Å²) < 4.78 is 168. The molecule has 0 aromatic carbocycles. The van der Waals surface area contributed by atoms with Crippen molar-refractivity contribution >= 4 is 23.0 Å². The van der Waals surface area contributed by atoms with Crippen molar-refractivity contribution in [3.8, 4) is 0 Å². The molecule has 0 spiro atoms. The van der Waals surface area contributed by atoms with Gasteiger partial charge in [0.15, 0.2) is 0 Å². The second-order valence-corrected chi connectivity index (χ2v) is 7.23. The summed E-state index contributed by atoms with van der Waals surface area (Å²) in [4.78, 5) is 21.5. The van der Waals surface area contributed by atoms with Crippen molar-refractivity contribution in [2.24, 2.45) is 0 Å². The number of carboxylic acid groups (broad SMARTS) is 1. The Morgan fingerprint density at radius 2 is 1.19 bits per heavy atom. The van der Waals surface area contributed by atoms with Crippen LogP contribution in [0.1, 0.15) is 25.7 Å². The topological polar surface area (TPSA) is 66.4 Å². The Hall–Kier alpha value is -1.62. The van der Waals surface area contributed by atoms with Crippen LogP contribution >= 0.6 is 11.8 Å². The van der Waals surface area contributed by atoms with Crippen LogP contribution in [0.15, 0.2) is 0 Å². The van der Waals surface area contributed by atoms with Crippen molar-refractivity contribution in [3.05, 3.63) is 0 Å². The van der Waals surface area contributed by atoms with Crippen molar-refractivity contribution in [1.82, 2.24) is 5.32 Å². The van der Waals surface area contributed by atoms with Gasteiger partial charge < -0.3 is 10.4 Å². The van der Waals surface area contributed by atoms with E-state index in [2.05, 4.69) is 0 Å². The Balaban J connectivity index is 5.17. The van der Waals surface area contributed by atoms with Crippen molar-refractivity contribution in [2.75, 3.05) is 12.3 Å². The number of hydrogen-bond donors (Lipinski definition) is 2. The van der Waals surface area contributed by atoms with Gasteiger partial charge in [0.2, 0.25) is 0 Å². The molecule has 0 radical (unpaired) electrons. The number of hydrogen-bond acceptors (Lipinski definition) is 3. The minimum absolute atomic E-state index is 0.0798. The molecule has 0 aromatic heterocycles. The first kappa shape index (κ1) is 30.4. The molecule has 0 unspecified atom stereocenters. The van der Waals surface area contributed by atoms with Gasteiger partial charge in [0.25, 0.3) is 5.24 Å². The fourth-order valence-electron chi connectivity index (χ4n) is 1.87. The summed E-state index contributed by atoms with van der Waals surface area (Å²) >= 11 is -0.229. The summed E-state index contributed by atoms with van der Waals surface area (Å²) in [6, 6.07) is 0. The first-order valence-corrected chi connectivity index (χ1v) is 9.13. The zero-order chi connectivity index (χ0) is 25.8. The number of carboxylic acids is 1. The molecule has 0 rings (SSSR count). The lowest BCUT2D eigenvalue weighted by molar-refractivity contribution is -0.439. The van der Waals surface area contributed by atoms with Crippen LogP contribution in [0.2, 0.25) is 0 Å². The van der Waals surface area contributed by atoms with Gasteiger partial charge in [-0.1, -0.05) is 11.8 Å². The summed E-state index contributed by atoms with van der Waals surface area (Å²) in [6.45, 7) is -0.206. The fraction of sp³-hybridized carbons (Fsp3) is 0.857. The van der Waals surface area contributed by atoms with Gasteiger partial charge in [-0.15, -0.1) is 0 Å². The maximum absolute atomic E-state index is 13.5. The second kappa shape index (κ2) is 10.1. The Morgan fingerprint density at radius 1 is 0.719 bits per heavy atom. The van der Waals surface area contributed by atoms with E-state index in [1.54, 1.807) is 0 Å². The summed E-state index contributed by atoms with van der Waals surface area (Å²) in [6.07, 6.45) is -10.1. The predicted molar refractivity (Wildman–Crippen MR) is 82.8 cm³/mol. The number of nitrogens with one attached hydrogen (secondary N) is 1. The number of aliphatic carboxylic acids is 1.